The normalized spacial score (nSPS) is 14.3. The monoisotopic (exact) mass is 377 g/mol. The molecule has 0 N–H and O–H groups in total. The summed E-state index contributed by atoms with van der Waals surface area (Å²) in [6.45, 7) is 6.67. The lowest BCUT2D eigenvalue weighted by Gasteiger charge is -2.18. The van der Waals surface area contributed by atoms with Gasteiger partial charge in [-0.25, -0.2) is 0 Å². The van der Waals surface area contributed by atoms with Crippen molar-refractivity contribution in [3.8, 4) is 5.69 Å². The van der Waals surface area contributed by atoms with Gasteiger partial charge in [0.2, 0.25) is 0 Å². The SMILES string of the molecule is CCC1=CCCC=C1c1cc2c(cc1C)c1ccccc1n2-c1ccc(C)cc1. The predicted molar refractivity (Wildman–Crippen MR) is 126 cm³/mol. The largest absolute Gasteiger partial charge is 0.309 e. The van der Waals surface area contributed by atoms with E-state index in [0.717, 1.165) is 19.3 Å². The molecule has 3 aromatic carbocycles. The van der Waals surface area contributed by atoms with E-state index in [9.17, 15) is 0 Å². The molecule has 0 saturated carbocycles. The second kappa shape index (κ2) is 7.08. The average Bonchev–Trinajstić information content (AvgIpc) is 3.07. The van der Waals surface area contributed by atoms with Crippen LogP contribution in [0.15, 0.2) is 78.4 Å². The molecule has 0 atom stereocenters. The number of benzene rings is 3. The van der Waals surface area contributed by atoms with E-state index in [4.69, 9.17) is 0 Å². The smallest absolute Gasteiger partial charge is 0.0547 e. The Morgan fingerprint density at radius 2 is 1.55 bits per heavy atom. The molecular weight excluding hydrogens is 350 g/mol. The van der Waals surface area contributed by atoms with Crippen LogP contribution in [0, 0.1) is 13.8 Å². The minimum Gasteiger partial charge on any atom is -0.309 e. The molecule has 0 unspecified atom stereocenters. The summed E-state index contributed by atoms with van der Waals surface area (Å²) in [4.78, 5) is 0. The first-order chi connectivity index (χ1) is 14.2. The highest BCUT2D eigenvalue weighted by Gasteiger charge is 2.17. The van der Waals surface area contributed by atoms with Crippen molar-refractivity contribution in [3.63, 3.8) is 0 Å². The quantitative estimate of drug-likeness (QED) is 0.342. The van der Waals surface area contributed by atoms with Crippen LogP contribution in [0.3, 0.4) is 0 Å². The molecule has 1 nitrogen and oxygen atoms in total. The third kappa shape index (κ3) is 2.93. The number of nitrogens with zero attached hydrogens (tertiary/aromatic N) is 1. The summed E-state index contributed by atoms with van der Waals surface area (Å²) in [7, 11) is 0. The molecule has 0 fully saturated rings. The number of aryl methyl sites for hydroxylation is 2. The maximum absolute atomic E-state index is 2.44. The van der Waals surface area contributed by atoms with E-state index < -0.39 is 0 Å². The van der Waals surface area contributed by atoms with Crippen LogP contribution in [-0.4, -0.2) is 4.57 Å². The van der Waals surface area contributed by atoms with Crippen LogP contribution in [0.2, 0.25) is 0 Å². The zero-order valence-electron chi connectivity index (χ0n) is 17.5. The van der Waals surface area contributed by atoms with Crippen LogP contribution in [0.1, 0.15) is 42.9 Å². The van der Waals surface area contributed by atoms with E-state index in [1.807, 2.05) is 0 Å². The second-order valence-electron chi connectivity index (χ2n) is 8.15. The number of aromatic nitrogens is 1. The first kappa shape index (κ1) is 18.0. The molecule has 1 aliphatic rings. The van der Waals surface area contributed by atoms with E-state index in [-0.39, 0.29) is 0 Å². The van der Waals surface area contributed by atoms with E-state index in [1.54, 1.807) is 0 Å². The number of hydrogen-bond donors (Lipinski definition) is 0. The summed E-state index contributed by atoms with van der Waals surface area (Å²) in [5.41, 5.74) is 10.7. The van der Waals surface area contributed by atoms with Gasteiger partial charge < -0.3 is 4.57 Å². The summed E-state index contributed by atoms with van der Waals surface area (Å²) < 4.78 is 2.42. The molecule has 1 heterocycles. The minimum absolute atomic E-state index is 1.09. The number of rotatable bonds is 3. The fraction of sp³-hybridized carbons (Fsp3) is 0.214. The summed E-state index contributed by atoms with van der Waals surface area (Å²) in [5.74, 6) is 0. The lowest BCUT2D eigenvalue weighted by atomic mass is 9.87. The molecule has 1 aliphatic carbocycles. The minimum atomic E-state index is 1.09. The highest BCUT2D eigenvalue weighted by atomic mass is 15.0. The molecule has 0 radical (unpaired) electrons. The van der Waals surface area contributed by atoms with Gasteiger partial charge in [0, 0.05) is 16.5 Å². The lowest BCUT2D eigenvalue weighted by molar-refractivity contribution is 0.991. The molecule has 0 amide bonds. The van der Waals surface area contributed by atoms with E-state index in [1.165, 1.54) is 55.3 Å². The molecule has 29 heavy (non-hydrogen) atoms. The highest BCUT2D eigenvalue weighted by Crippen LogP contribution is 2.38. The van der Waals surface area contributed by atoms with Crippen molar-refractivity contribution in [2.24, 2.45) is 0 Å². The number of allylic oxidation sites excluding steroid dienone is 4. The van der Waals surface area contributed by atoms with Crippen LogP contribution in [0.25, 0.3) is 33.1 Å². The maximum atomic E-state index is 2.44. The Labute approximate surface area is 173 Å². The van der Waals surface area contributed by atoms with Crippen molar-refractivity contribution in [1.82, 2.24) is 4.57 Å². The predicted octanol–water partition coefficient (Wildman–Crippen LogP) is 7.91. The molecule has 5 rings (SSSR count). The summed E-state index contributed by atoms with van der Waals surface area (Å²) >= 11 is 0. The summed E-state index contributed by atoms with van der Waals surface area (Å²) in [5, 5.41) is 2.66. The number of fused-ring (bicyclic) bond motifs is 3. The lowest BCUT2D eigenvalue weighted by Crippen LogP contribution is -1.99. The second-order valence-corrected chi connectivity index (χ2v) is 8.15. The molecule has 0 aliphatic heterocycles. The molecule has 0 spiro atoms. The number of hydrogen-bond acceptors (Lipinski definition) is 0. The average molecular weight is 378 g/mol. The van der Waals surface area contributed by atoms with Crippen molar-refractivity contribution >= 4 is 27.4 Å². The van der Waals surface area contributed by atoms with Gasteiger partial charge in [-0.15, -0.1) is 0 Å². The van der Waals surface area contributed by atoms with Crippen LogP contribution < -0.4 is 0 Å². The molecular formula is C28H27N. The fourth-order valence-electron chi connectivity index (χ4n) is 4.73. The molecule has 1 aromatic heterocycles. The van der Waals surface area contributed by atoms with Gasteiger partial charge in [0.15, 0.2) is 0 Å². The Bertz CT molecular complexity index is 1280. The zero-order chi connectivity index (χ0) is 20.0. The topological polar surface area (TPSA) is 4.93 Å². The zero-order valence-corrected chi connectivity index (χ0v) is 17.5. The summed E-state index contributed by atoms with van der Waals surface area (Å²) in [6.07, 6.45) is 8.25. The maximum Gasteiger partial charge on any atom is 0.0547 e. The molecule has 1 heteroatoms. The van der Waals surface area contributed by atoms with Gasteiger partial charge in [-0.3, -0.25) is 0 Å². The Balaban J connectivity index is 1.84. The van der Waals surface area contributed by atoms with E-state index >= 15 is 0 Å². The van der Waals surface area contributed by atoms with Crippen molar-refractivity contribution < 1.29 is 0 Å². The number of para-hydroxylation sites is 1. The van der Waals surface area contributed by atoms with Crippen LogP contribution in [0.4, 0.5) is 0 Å². The van der Waals surface area contributed by atoms with Gasteiger partial charge in [0.1, 0.15) is 0 Å². The molecule has 144 valence electrons. The van der Waals surface area contributed by atoms with Gasteiger partial charge in [-0.05, 0) is 85.7 Å². The first-order valence-corrected chi connectivity index (χ1v) is 10.7. The van der Waals surface area contributed by atoms with Crippen molar-refractivity contribution in [2.75, 3.05) is 0 Å². The summed E-state index contributed by atoms with van der Waals surface area (Å²) in [6, 6.07) is 22.5. The standard InChI is InChI=1S/C28H27N/c1-4-21-9-5-6-10-23(21)25-18-28-26(17-20(25)3)24-11-7-8-12-27(24)29(28)22-15-13-19(2)14-16-22/h7-18H,4-6H2,1-3H3. The molecule has 4 aromatic rings. The van der Waals surface area contributed by atoms with Gasteiger partial charge in [-0.2, -0.15) is 0 Å². The van der Waals surface area contributed by atoms with Gasteiger partial charge in [-0.1, -0.05) is 55.0 Å². The van der Waals surface area contributed by atoms with E-state index in [2.05, 4.69) is 98.2 Å². The van der Waals surface area contributed by atoms with Crippen LogP contribution in [0.5, 0.6) is 0 Å². The Kier molecular flexibility index (Phi) is 4.39. The Morgan fingerprint density at radius 1 is 0.793 bits per heavy atom. The third-order valence-electron chi connectivity index (χ3n) is 6.23. The van der Waals surface area contributed by atoms with Gasteiger partial charge >= 0.3 is 0 Å². The third-order valence-corrected chi connectivity index (χ3v) is 6.23. The Hall–Kier alpha value is -3.06. The molecule has 0 bridgehead atoms. The Morgan fingerprint density at radius 3 is 2.34 bits per heavy atom. The van der Waals surface area contributed by atoms with E-state index in [0.29, 0.717) is 0 Å². The fourth-order valence-corrected chi connectivity index (χ4v) is 4.73. The highest BCUT2D eigenvalue weighted by molar-refractivity contribution is 6.10. The van der Waals surface area contributed by atoms with Crippen molar-refractivity contribution in [2.45, 2.75) is 40.0 Å². The molecule has 0 saturated heterocycles. The first-order valence-electron chi connectivity index (χ1n) is 10.7. The van der Waals surface area contributed by atoms with Crippen molar-refractivity contribution in [1.29, 1.82) is 0 Å². The van der Waals surface area contributed by atoms with Crippen LogP contribution >= 0.6 is 0 Å². The van der Waals surface area contributed by atoms with Crippen LogP contribution in [-0.2, 0) is 0 Å². The van der Waals surface area contributed by atoms with Crippen molar-refractivity contribution in [3.05, 3.63) is 95.1 Å². The van der Waals surface area contributed by atoms with Gasteiger partial charge in [0.25, 0.3) is 0 Å². The van der Waals surface area contributed by atoms with Gasteiger partial charge in [0.05, 0.1) is 11.0 Å².